The van der Waals surface area contributed by atoms with Crippen molar-refractivity contribution in [1.29, 1.82) is 0 Å². The highest BCUT2D eigenvalue weighted by Gasteiger charge is 2.36. The van der Waals surface area contributed by atoms with Gasteiger partial charge in [-0.3, -0.25) is 19.3 Å². The molecule has 0 radical (unpaired) electrons. The van der Waals surface area contributed by atoms with Crippen LogP contribution in [0.3, 0.4) is 0 Å². The van der Waals surface area contributed by atoms with Crippen molar-refractivity contribution in [1.82, 2.24) is 20.3 Å². The van der Waals surface area contributed by atoms with Crippen LogP contribution in [0.1, 0.15) is 67.1 Å². The topological polar surface area (TPSA) is 97.2 Å². The molecule has 8 nitrogen and oxygen atoms in total. The number of amides is 2. The van der Waals surface area contributed by atoms with Crippen molar-refractivity contribution in [3.05, 3.63) is 89.5 Å². The van der Waals surface area contributed by atoms with E-state index in [2.05, 4.69) is 22.6 Å². The van der Waals surface area contributed by atoms with E-state index in [4.69, 9.17) is 0 Å². The molecule has 2 amide bonds. The summed E-state index contributed by atoms with van der Waals surface area (Å²) in [5.74, 6) is -0.822. The number of aromatic nitrogens is 3. The lowest BCUT2D eigenvalue weighted by atomic mass is 9.98. The Labute approximate surface area is 228 Å². The fourth-order valence-electron chi connectivity index (χ4n) is 5.34. The minimum atomic E-state index is -0.973. The van der Waals surface area contributed by atoms with E-state index in [1.54, 1.807) is 24.3 Å². The average molecular weight is 524 g/mol. The van der Waals surface area contributed by atoms with Gasteiger partial charge in [0.15, 0.2) is 5.78 Å². The van der Waals surface area contributed by atoms with Crippen molar-refractivity contribution in [2.24, 2.45) is 0 Å². The number of rotatable bonds is 9. The van der Waals surface area contributed by atoms with Gasteiger partial charge in [-0.1, -0.05) is 73.5 Å². The van der Waals surface area contributed by atoms with Crippen LogP contribution in [0.25, 0.3) is 11.0 Å². The number of nitrogens with zero attached hydrogens (tertiary/aromatic N) is 4. The third-order valence-electron chi connectivity index (χ3n) is 7.43. The van der Waals surface area contributed by atoms with E-state index in [9.17, 15) is 14.4 Å². The fourth-order valence-corrected chi connectivity index (χ4v) is 5.34. The summed E-state index contributed by atoms with van der Waals surface area (Å²) in [5, 5.41) is 11.6. The molecule has 1 fully saturated rings. The molecule has 39 heavy (non-hydrogen) atoms. The van der Waals surface area contributed by atoms with Gasteiger partial charge in [0.2, 0.25) is 11.8 Å². The number of carbonyl (C=O) groups excluding carboxylic acids is 3. The smallest absolute Gasteiger partial charge is 0.249 e. The largest absolute Gasteiger partial charge is 0.351 e. The SMILES string of the molecule is CCc1ccc([C@H](C(=O)NC2CCCC2)N(C(=O)Cn2nnc3ccccc32)c2ccccc2C(C)=O)cc1. The molecule has 1 N–H and O–H groups in total. The summed E-state index contributed by atoms with van der Waals surface area (Å²) in [6.45, 7) is 3.39. The lowest BCUT2D eigenvalue weighted by Crippen LogP contribution is -2.47. The number of para-hydroxylation sites is 2. The summed E-state index contributed by atoms with van der Waals surface area (Å²) in [6, 6.07) is 21.2. The number of aryl methyl sites for hydroxylation is 1. The van der Waals surface area contributed by atoms with Gasteiger partial charge in [-0.2, -0.15) is 0 Å². The lowest BCUT2D eigenvalue weighted by molar-refractivity contribution is -0.127. The van der Waals surface area contributed by atoms with Gasteiger partial charge in [-0.15, -0.1) is 5.10 Å². The van der Waals surface area contributed by atoms with Crippen LogP contribution in [0.4, 0.5) is 5.69 Å². The zero-order chi connectivity index (χ0) is 27.4. The van der Waals surface area contributed by atoms with Crippen molar-refractivity contribution in [3.8, 4) is 0 Å². The first kappa shape index (κ1) is 26.3. The highest BCUT2D eigenvalue weighted by molar-refractivity contribution is 6.08. The third-order valence-corrected chi connectivity index (χ3v) is 7.43. The number of ketones is 1. The number of hydrogen-bond acceptors (Lipinski definition) is 5. The highest BCUT2D eigenvalue weighted by Crippen LogP contribution is 2.33. The number of hydrogen-bond donors (Lipinski definition) is 1. The second-order valence-corrected chi connectivity index (χ2v) is 10.1. The minimum Gasteiger partial charge on any atom is -0.351 e. The number of Topliss-reactive ketones (excluding diaryl/α,β-unsaturated/α-hetero) is 1. The molecule has 8 heteroatoms. The molecule has 0 bridgehead atoms. The van der Waals surface area contributed by atoms with Crippen molar-refractivity contribution in [3.63, 3.8) is 0 Å². The summed E-state index contributed by atoms with van der Waals surface area (Å²) in [5.41, 5.74) is 3.96. The van der Waals surface area contributed by atoms with Crippen molar-refractivity contribution >= 4 is 34.3 Å². The van der Waals surface area contributed by atoms with Gasteiger partial charge in [0.1, 0.15) is 18.1 Å². The molecule has 0 unspecified atom stereocenters. The Bertz CT molecular complexity index is 1490. The first-order valence-corrected chi connectivity index (χ1v) is 13.6. The number of fused-ring (bicyclic) bond motifs is 1. The second-order valence-electron chi connectivity index (χ2n) is 10.1. The summed E-state index contributed by atoms with van der Waals surface area (Å²) in [7, 11) is 0. The van der Waals surface area contributed by atoms with Crippen LogP contribution in [0.15, 0.2) is 72.8 Å². The van der Waals surface area contributed by atoms with Gasteiger partial charge in [0.25, 0.3) is 0 Å². The molecule has 1 aliphatic rings. The first-order chi connectivity index (χ1) is 19.0. The second kappa shape index (κ2) is 11.6. The van der Waals surface area contributed by atoms with E-state index in [0.29, 0.717) is 27.8 Å². The third kappa shape index (κ3) is 5.60. The first-order valence-electron chi connectivity index (χ1n) is 13.6. The van der Waals surface area contributed by atoms with Crippen LogP contribution in [0.2, 0.25) is 0 Å². The van der Waals surface area contributed by atoms with Gasteiger partial charge in [0.05, 0.1) is 11.2 Å². The highest BCUT2D eigenvalue weighted by atomic mass is 16.2. The quantitative estimate of drug-likeness (QED) is 0.311. The van der Waals surface area contributed by atoms with Crippen LogP contribution in [0, 0.1) is 0 Å². The Kier molecular flexibility index (Phi) is 7.81. The molecule has 0 spiro atoms. The molecule has 1 aliphatic carbocycles. The van der Waals surface area contributed by atoms with Crippen LogP contribution >= 0.6 is 0 Å². The van der Waals surface area contributed by atoms with Crippen molar-refractivity contribution in [2.75, 3.05) is 4.90 Å². The maximum atomic E-state index is 14.3. The predicted octanol–water partition coefficient (Wildman–Crippen LogP) is 5.03. The van der Waals surface area contributed by atoms with E-state index in [-0.39, 0.29) is 30.2 Å². The molecule has 1 aromatic heterocycles. The molecule has 3 aromatic carbocycles. The van der Waals surface area contributed by atoms with Gasteiger partial charge < -0.3 is 5.32 Å². The monoisotopic (exact) mass is 523 g/mol. The summed E-state index contributed by atoms with van der Waals surface area (Å²) >= 11 is 0. The Morgan fingerprint density at radius 2 is 1.67 bits per heavy atom. The van der Waals surface area contributed by atoms with Gasteiger partial charge >= 0.3 is 0 Å². The van der Waals surface area contributed by atoms with Crippen molar-refractivity contribution < 1.29 is 14.4 Å². The van der Waals surface area contributed by atoms with E-state index < -0.39 is 6.04 Å². The van der Waals surface area contributed by atoms with E-state index in [1.807, 2.05) is 48.5 Å². The van der Waals surface area contributed by atoms with Crippen LogP contribution in [-0.2, 0) is 22.6 Å². The molecule has 5 rings (SSSR count). The van der Waals surface area contributed by atoms with Crippen LogP contribution < -0.4 is 10.2 Å². The predicted molar refractivity (Wildman–Crippen MR) is 150 cm³/mol. The fraction of sp³-hybridized carbons (Fsp3) is 0.323. The van der Waals surface area contributed by atoms with E-state index in [1.165, 1.54) is 16.5 Å². The number of benzene rings is 3. The van der Waals surface area contributed by atoms with E-state index in [0.717, 1.165) is 37.7 Å². The molecule has 1 saturated carbocycles. The number of carbonyl (C=O) groups is 3. The van der Waals surface area contributed by atoms with Gasteiger partial charge in [-0.05, 0) is 61.6 Å². The van der Waals surface area contributed by atoms with Gasteiger partial charge in [-0.25, -0.2) is 4.68 Å². The normalized spacial score (nSPS) is 14.3. The number of nitrogens with one attached hydrogen (secondary N) is 1. The summed E-state index contributed by atoms with van der Waals surface area (Å²) in [6.07, 6.45) is 4.81. The minimum absolute atomic E-state index is 0.0641. The molecule has 200 valence electrons. The van der Waals surface area contributed by atoms with Crippen molar-refractivity contribution in [2.45, 2.75) is 64.6 Å². The molecular formula is C31H33N5O3. The molecule has 1 atom stereocenters. The molecule has 0 aliphatic heterocycles. The van der Waals surface area contributed by atoms with Crippen LogP contribution in [-0.4, -0.2) is 38.6 Å². The number of anilines is 1. The molecule has 1 heterocycles. The molecule has 0 saturated heterocycles. The summed E-state index contributed by atoms with van der Waals surface area (Å²) in [4.78, 5) is 42.5. The average Bonchev–Trinajstić information content (AvgIpc) is 3.62. The molecule has 4 aromatic rings. The zero-order valence-corrected chi connectivity index (χ0v) is 22.3. The Morgan fingerprint density at radius 1 is 0.974 bits per heavy atom. The molecular weight excluding hydrogens is 490 g/mol. The van der Waals surface area contributed by atoms with Crippen LogP contribution in [0.5, 0.6) is 0 Å². The Hall–Kier alpha value is -4.33. The Balaban J connectivity index is 1.62. The van der Waals surface area contributed by atoms with E-state index >= 15 is 0 Å². The maximum absolute atomic E-state index is 14.3. The standard InChI is InChI=1S/C31H33N5O3/c1-3-22-16-18-23(19-17-22)30(31(39)32-24-10-4-5-11-24)36(27-14-8-6-12-25(27)21(2)37)29(38)20-35-28-15-9-7-13-26(28)33-34-35/h6-9,12-19,24,30H,3-5,10-11,20H2,1-2H3,(H,32,39)/t30-/m1/s1. The Morgan fingerprint density at radius 3 is 2.38 bits per heavy atom. The maximum Gasteiger partial charge on any atom is 0.249 e. The van der Waals surface area contributed by atoms with Gasteiger partial charge in [0, 0.05) is 11.6 Å². The lowest BCUT2D eigenvalue weighted by Gasteiger charge is -2.33. The summed E-state index contributed by atoms with van der Waals surface area (Å²) < 4.78 is 1.53. The zero-order valence-electron chi connectivity index (χ0n) is 22.3.